The second-order valence-corrected chi connectivity index (χ2v) is 12.7. The maximum absolute atomic E-state index is 14.1. The summed E-state index contributed by atoms with van der Waals surface area (Å²) in [5.41, 5.74) is 2.50. The van der Waals surface area contributed by atoms with Crippen LogP contribution in [0.3, 0.4) is 0 Å². The van der Waals surface area contributed by atoms with Gasteiger partial charge in [0, 0.05) is 17.0 Å². The smallest absolute Gasteiger partial charge is 0.428 e. The van der Waals surface area contributed by atoms with Crippen molar-refractivity contribution >= 4 is 60.6 Å². The van der Waals surface area contributed by atoms with Crippen LogP contribution in [0, 0.1) is 12.8 Å². The third-order valence-electron chi connectivity index (χ3n) is 7.85. The molecule has 10 nitrogen and oxygen atoms in total. The van der Waals surface area contributed by atoms with Crippen LogP contribution >= 0.6 is 0 Å². The normalized spacial score (nSPS) is 15.1. The first-order chi connectivity index (χ1) is 20.6. The van der Waals surface area contributed by atoms with Gasteiger partial charge in [-0.25, -0.2) is 18.2 Å². The monoisotopic (exact) mass is 598 g/mol. The van der Waals surface area contributed by atoms with Crippen molar-refractivity contribution in [3.05, 3.63) is 83.8 Å². The fourth-order valence-electron chi connectivity index (χ4n) is 5.82. The highest BCUT2D eigenvalue weighted by molar-refractivity contribution is 7.93. The second kappa shape index (κ2) is 10.6. The van der Waals surface area contributed by atoms with E-state index in [0.29, 0.717) is 55.6 Å². The summed E-state index contributed by atoms with van der Waals surface area (Å²) < 4.78 is 35.8. The summed E-state index contributed by atoms with van der Waals surface area (Å²) in [5, 5.41) is 1.55. The average Bonchev–Trinajstić information content (AvgIpc) is 3.31. The number of carbonyl (C=O) groups is 3. The molecule has 1 atom stereocenters. The molecule has 0 N–H and O–H groups in total. The molecule has 0 radical (unpaired) electrons. The summed E-state index contributed by atoms with van der Waals surface area (Å²) >= 11 is 0. The number of hydrogen-bond acceptors (Lipinski definition) is 8. The molecule has 0 fully saturated rings. The second-order valence-electron chi connectivity index (χ2n) is 10.9. The molecule has 43 heavy (non-hydrogen) atoms. The third kappa shape index (κ3) is 4.47. The van der Waals surface area contributed by atoms with Gasteiger partial charge >= 0.3 is 6.09 Å². The van der Waals surface area contributed by atoms with E-state index in [4.69, 9.17) is 4.74 Å². The number of ether oxygens (including phenoxy) is 1. The van der Waals surface area contributed by atoms with Crippen molar-refractivity contribution in [3.8, 4) is 0 Å². The Bertz CT molecular complexity index is 2070. The number of carbonyl (C=O) groups excluding carboxylic acids is 3. The van der Waals surface area contributed by atoms with Crippen molar-refractivity contribution < 1.29 is 27.5 Å². The van der Waals surface area contributed by atoms with Gasteiger partial charge in [0.15, 0.2) is 11.6 Å². The topological polar surface area (TPSA) is 118 Å². The summed E-state index contributed by atoms with van der Waals surface area (Å²) in [6.07, 6.45) is 2.25. The Kier molecular flexibility index (Phi) is 7.02. The Balaban J connectivity index is 1.69. The van der Waals surface area contributed by atoms with Crippen molar-refractivity contribution in [2.24, 2.45) is 5.92 Å². The molecular formula is C32H30N4O6S. The average molecular weight is 599 g/mol. The fraction of sp³-hybridized carbons (Fsp3) is 0.250. The van der Waals surface area contributed by atoms with Crippen LogP contribution in [0.4, 0.5) is 10.5 Å². The lowest BCUT2D eigenvalue weighted by molar-refractivity contribution is 0.0788. The van der Waals surface area contributed by atoms with E-state index in [-0.39, 0.29) is 28.8 Å². The van der Waals surface area contributed by atoms with Gasteiger partial charge in [-0.05, 0) is 64.5 Å². The predicted molar refractivity (Wildman–Crippen MR) is 163 cm³/mol. The highest BCUT2D eigenvalue weighted by atomic mass is 32.2. The third-order valence-corrected chi connectivity index (χ3v) is 9.55. The Morgan fingerprint density at radius 2 is 1.72 bits per heavy atom. The van der Waals surface area contributed by atoms with Crippen molar-refractivity contribution in [1.82, 2.24) is 14.3 Å². The zero-order valence-corrected chi connectivity index (χ0v) is 25.0. The zero-order valence-electron chi connectivity index (χ0n) is 24.2. The number of aromatic nitrogens is 2. The van der Waals surface area contributed by atoms with Crippen LogP contribution < -0.4 is 4.31 Å². The first kappa shape index (κ1) is 28.5. The largest absolute Gasteiger partial charge is 0.449 e. The van der Waals surface area contributed by atoms with Crippen LogP contribution in [0.5, 0.6) is 0 Å². The van der Waals surface area contributed by atoms with Gasteiger partial charge in [0.05, 0.1) is 51.6 Å². The molecule has 0 bridgehead atoms. The molecule has 11 heteroatoms. The quantitative estimate of drug-likeness (QED) is 0.233. The van der Waals surface area contributed by atoms with Gasteiger partial charge in [-0.15, -0.1) is 0 Å². The molecule has 1 aliphatic carbocycles. The van der Waals surface area contributed by atoms with E-state index < -0.39 is 22.0 Å². The molecule has 1 aliphatic rings. The number of Topliss-reactive ketones (excluding diaryl/α,β-unsaturated/α-hetero) is 2. The Morgan fingerprint density at radius 1 is 1.02 bits per heavy atom. The summed E-state index contributed by atoms with van der Waals surface area (Å²) in [5.74, 6) is -1.45. The van der Waals surface area contributed by atoms with Gasteiger partial charge in [-0.1, -0.05) is 42.0 Å². The van der Waals surface area contributed by atoms with Crippen molar-refractivity contribution in [2.75, 3.05) is 31.6 Å². The van der Waals surface area contributed by atoms with Gasteiger partial charge in [0.1, 0.15) is 0 Å². The van der Waals surface area contributed by atoms with Gasteiger partial charge < -0.3 is 9.64 Å². The van der Waals surface area contributed by atoms with Crippen LogP contribution in [-0.2, 0) is 14.8 Å². The summed E-state index contributed by atoms with van der Waals surface area (Å²) in [4.78, 5) is 47.3. The summed E-state index contributed by atoms with van der Waals surface area (Å²) in [6.45, 7) is 3.93. The van der Waals surface area contributed by atoms with Crippen LogP contribution in [0.1, 0.15) is 39.6 Å². The van der Waals surface area contributed by atoms with E-state index in [9.17, 15) is 22.8 Å². The van der Waals surface area contributed by atoms with Crippen LogP contribution in [0.15, 0.2) is 72.0 Å². The zero-order chi connectivity index (χ0) is 30.6. The van der Waals surface area contributed by atoms with E-state index in [1.54, 1.807) is 53.8 Å². The van der Waals surface area contributed by atoms with E-state index in [0.717, 1.165) is 5.56 Å². The lowest BCUT2D eigenvalue weighted by Gasteiger charge is -2.24. The minimum Gasteiger partial charge on any atom is -0.449 e. The molecular weight excluding hydrogens is 568 g/mol. The molecule has 5 aromatic rings. The minimum atomic E-state index is -4.44. The number of hydrogen-bond donors (Lipinski definition) is 0. The van der Waals surface area contributed by atoms with Gasteiger partial charge in [-0.3, -0.25) is 14.0 Å². The first-order valence-electron chi connectivity index (χ1n) is 13.9. The molecule has 0 spiro atoms. The maximum atomic E-state index is 14.1. The molecule has 0 saturated carbocycles. The molecule has 3 aromatic carbocycles. The van der Waals surface area contributed by atoms with Gasteiger partial charge in [0.25, 0.3) is 10.0 Å². The van der Waals surface area contributed by atoms with Crippen molar-refractivity contribution in [3.63, 3.8) is 0 Å². The molecule has 1 unspecified atom stereocenters. The highest BCUT2D eigenvalue weighted by Crippen LogP contribution is 2.44. The number of benzene rings is 3. The number of fused-ring (bicyclic) bond motifs is 5. The SMILES string of the molecule is CCOC(=O)N(c1cc2c(c3c4c(cncn42)C(=O)C(CCN(C)C)C3=O)c2ccccc12)S(=O)(=O)c1ccc(C)cc1. The standard InChI is InChI=1S/C32H30N4O6S/c1-5-42-32(39)36(43(40,41)20-12-10-19(2)11-13-20)25-16-26-27(22-9-7-6-8-21(22)25)28-29-24(17-33-18-35(26)29)30(37)23(31(28)38)14-15-34(3)4/h6-13,16-18,23H,5,14-15H2,1-4H3. The summed E-state index contributed by atoms with van der Waals surface area (Å²) in [6, 6.07) is 14.8. The number of anilines is 1. The van der Waals surface area contributed by atoms with E-state index in [1.807, 2.05) is 25.9 Å². The van der Waals surface area contributed by atoms with E-state index in [1.165, 1.54) is 24.7 Å². The molecule has 220 valence electrons. The lowest BCUT2D eigenvalue weighted by Crippen LogP contribution is -2.37. The van der Waals surface area contributed by atoms with Crippen molar-refractivity contribution in [1.29, 1.82) is 0 Å². The molecule has 2 heterocycles. The Hall–Kier alpha value is -4.61. The highest BCUT2D eigenvalue weighted by Gasteiger charge is 2.40. The number of sulfonamides is 1. The van der Waals surface area contributed by atoms with Gasteiger partial charge in [-0.2, -0.15) is 4.31 Å². The number of nitrogens with zero attached hydrogens (tertiary/aromatic N) is 4. The van der Waals surface area contributed by atoms with E-state index in [2.05, 4.69) is 4.98 Å². The molecule has 2 aromatic heterocycles. The molecule has 0 aliphatic heterocycles. The van der Waals surface area contributed by atoms with Crippen LogP contribution in [-0.4, -0.2) is 67.6 Å². The number of aryl methyl sites for hydroxylation is 1. The van der Waals surface area contributed by atoms with Crippen LogP contribution in [0.2, 0.25) is 0 Å². The molecule has 6 rings (SSSR count). The molecule has 0 saturated heterocycles. The number of ketones is 2. The summed E-state index contributed by atoms with van der Waals surface area (Å²) in [7, 11) is -0.670. The maximum Gasteiger partial charge on any atom is 0.428 e. The molecule has 1 amide bonds. The first-order valence-corrected chi connectivity index (χ1v) is 15.4. The number of amides is 1. The fourth-order valence-corrected chi connectivity index (χ4v) is 7.17. The Morgan fingerprint density at radius 3 is 2.40 bits per heavy atom. The predicted octanol–water partition coefficient (Wildman–Crippen LogP) is 5.25. The lowest BCUT2D eigenvalue weighted by atomic mass is 9.81. The minimum absolute atomic E-state index is 0.0463. The van der Waals surface area contributed by atoms with Gasteiger partial charge in [0.2, 0.25) is 0 Å². The Labute approximate surface area is 248 Å². The number of rotatable bonds is 7. The van der Waals surface area contributed by atoms with Crippen molar-refractivity contribution in [2.45, 2.75) is 25.2 Å². The van der Waals surface area contributed by atoms with Crippen LogP contribution in [0.25, 0.3) is 27.2 Å². The van der Waals surface area contributed by atoms with E-state index >= 15 is 0 Å².